The van der Waals surface area contributed by atoms with E-state index in [0.717, 1.165) is 43.4 Å². The lowest BCUT2D eigenvalue weighted by Crippen LogP contribution is -2.64. The molecule has 3 heteroatoms. The van der Waals surface area contributed by atoms with Gasteiger partial charge in [-0.2, -0.15) is 0 Å². The average Bonchev–Trinajstić information content (AvgIpc) is 2.28. The van der Waals surface area contributed by atoms with Gasteiger partial charge in [0.05, 0.1) is 5.41 Å². The first kappa shape index (κ1) is 14.5. The zero-order valence-corrected chi connectivity index (χ0v) is 15.0. The highest BCUT2D eigenvalue weighted by atomic mass is 79.9. The van der Waals surface area contributed by atoms with Crippen molar-refractivity contribution >= 4 is 21.8 Å². The van der Waals surface area contributed by atoms with Crippen molar-refractivity contribution in [3.8, 4) is 0 Å². The molecule has 0 aromatic carbocycles. The largest absolute Gasteiger partial charge is 0.349 e. The number of carbonyl (C=O) groups excluding carboxylic acids is 1. The van der Waals surface area contributed by atoms with Crippen LogP contribution in [0.5, 0.6) is 0 Å². The Balaban J connectivity index is 1.60. The number of rotatable bonds is 3. The molecule has 0 aliphatic heterocycles. The molecule has 2 nitrogen and oxygen atoms in total. The Bertz CT molecular complexity index is 460. The van der Waals surface area contributed by atoms with Crippen molar-refractivity contribution in [2.45, 2.75) is 77.2 Å². The van der Waals surface area contributed by atoms with Crippen molar-refractivity contribution in [3.05, 3.63) is 0 Å². The summed E-state index contributed by atoms with van der Waals surface area (Å²) in [5, 5.41) is 4.40. The molecule has 5 aliphatic rings. The van der Waals surface area contributed by atoms with E-state index in [-0.39, 0.29) is 11.0 Å². The maximum Gasteiger partial charge on any atom is 0.226 e. The van der Waals surface area contributed by atoms with Crippen molar-refractivity contribution in [1.82, 2.24) is 5.32 Å². The fourth-order valence-corrected chi connectivity index (χ4v) is 7.67. The van der Waals surface area contributed by atoms with Crippen LogP contribution in [0.3, 0.4) is 0 Å². The van der Waals surface area contributed by atoms with E-state index in [1.54, 1.807) is 0 Å². The van der Waals surface area contributed by atoms with Gasteiger partial charge in [-0.25, -0.2) is 0 Å². The Hall–Kier alpha value is -0.0500. The Kier molecular flexibility index (Phi) is 2.96. The van der Waals surface area contributed by atoms with E-state index in [1.807, 2.05) is 0 Å². The Morgan fingerprint density at radius 3 is 2.14 bits per heavy atom. The van der Waals surface area contributed by atoms with E-state index in [1.165, 1.54) is 25.7 Å². The summed E-state index contributed by atoms with van der Waals surface area (Å²) in [5.41, 5.74) is 0.870. The fourth-order valence-electron chi connectivity index (χ4n) is 6.97. The van der Waals surface area contributed by atoms with Crippen LogP contribution in [0.15, 0.2) is 0 Å². The van der Waals surface area contributed by atoms with Gasteiger partial charge in [-0.05, 0) is 74.5 Å². The van der Waals surface area contributed by atoms with Gasteiger partial charge in [-0.3, -0.25) is 4.79 Å². The molecule has 118 valence electrons. The molecule has 2 unspecified atom stereocenters. The topological polar surface area (TPSA) is 29.1 Å². The first-order chi connectivity index (χ1) is 9.80. The number of hydrogen-bond acceptors (Lipinski definition) is 1. The lowest BCUT2D eigenvalue weighted by molar-refractivity contribution is -0.172. The molecule has 0 aromatic rings. The highest BCUT2D eigenvalue weighted by Gasteiger charge is 2.63. The standard InChI is InChI=1S/C18H28BrNO/c1-15-6-13-7-16(2,9-15)11-17(8-13,10-15)14(21)20-18(12-19)4-3-5-18/h13H,3-12H2,1-2H3,(H,20,21). The third-order valence-electron chi connectivity index (χ3n) is 7.05. The summed E-state index contributed by atoms with van der Waals surface area (Å²) in [5.74, 6) is 1.19. The smallest absolute Gasteiger partial charge is 0.226 e. The van der Waals surface area contributed by atoms with Crippen LogP contribution in [0.25, 0.3) is 0 Å². The van der Waals surface area contributed by atoms with E-state index in [4.69, 9.17) is 0 Å². The van der Waals surface area contributed by atoms with Gasteiger partial charge in [0.15, 0.2) is 0 Å². The lowest BCUT2D eigenvalue weighted by Gasteiger charge is -2.65. The van der Waals surface area contributed by atoms with Crippen LogP contribution >= 0.6 is 15.9 Å². The van der Waals surface area contributed by atoms with E-state index in [9.17, 15) is 4.79 Å². The summed E-state index contributed by atoms with van der Waals surface area (Å²) >= 11 is 3.63. The third kappa shape index (κ3) is 2.13. The molecule has 5 aliphatic carbocycles. The molecule has 0 aromatic heterocycles. The predicted molar refractivity (Wildman–Crippen MR) is 88.4 cm³/mol. The van der Waals surface area contributed by atoms with Crippen LogP contribution in [0.4, 0.5) is 0 Å². The summed E-state index contributed by atoms with van der Waals surface area (Å²) in [4.78, 5) is 13.2. The number of amides is 1. The summed E-state index contributed by atoms with van der Waals surface area (Å²) in [6.45, 7) is 4.89. The number of nitrogens with one attached hydrogen (secondary N) is 1. The molecular formula is C18H28BrNO. The minimum atomic E-state index is -0.0479. The molecule has 4 bridgehead atoms. The molecule has 5 saturated carbocycles. The molecule has 1 amide bonds. The monoisotopic (exact) mass is 353 g/mol. The van der Waals surface area contributed by atoms with Crippen LogP contribution in [0, 0.1) is 22.2 Å². The van der Waals surface area contributed by atoms with Crippen LogP contribution in [0.1, 0.15) is 71.6 Å². The van der Waals surface area contributed by atoms with Crippen LogP contribution < -0.4 is 5.32 Å². The number of halogens is 1. The molecule has 0 spiro atoms. The second-order valence-corrected chi connectivity index (χ2v) is 10.2. The molecule has 21 heavy (non-hydrogen) atoms. The van der Waals surface area contributed by atoms with E-state index in [2.05, 4.69) is 35.1 Å². The van der Waals surface area contributed by atoms with Gasteiger partial charge in [0.25, 0.3) is 0 Å². The summed E-state index contributed by atoms with van der Waals surface area (Å²) in [6.07, 6.45) is 11.1. The molecule has 2 atom stereocenters. The highest BCUT2D eigenvalue weighted by molar-refractivity contribution is 9.09. The summed E-state index contributed by atoms with van der Waals surface area (Å²) < 4.78 is 0. The quantitative estimate of drug-likeness (QED) is 0.747. The minimum absolute atomic E-state index is 0.0479. The van der Waals surface area contributed by atoms with Crippen molar-refractivity contribution in [2.24, 2.45) is 22.2 Å². The second-order valence-electron chi connectivity index (χ2n) is 9.63. The molecule has 1 N–H and O–H groups in total. The maximum absolute atomic E-state index is 13.2. The zero-order valence-electron chi connectivity index (χ0n) is 13.4. The zero-order chi connectivity index (χ0) is 14.9. The second kappa shape index (κ2) is 4.27. The van der Waals surface area contributed by atoms with Crippen LogP contribution in [-0.4, -0.2) is 16.8 Å². The number of alkyl halides is 1. The normalized spacial score (nSPS) is 49.8. The van der Waals surface area contributed by atoms with E-state index < -0.39 is 0 Å². The molecule has 0 radical (unpaired) electrons. The Labute approximate surface area is 136 Å². The first-order valence-corrected chi connectivity index (χ1v) is 9.81. The molecule has 0 heterocycles. The lowest BCUT2D eigenvalue weighted by atomic mass is 9.40. The van der Waals surface area contributed by atoms with Gasteiger partial charge in [-0.15, -0.1) is 0 Å². The van der Waals surface area contributed by atoms with Gasteiger partial charge in [0.1, 0.15) is 0 Å². The molecule has 0 saturated heterocycles. The molecule has 5 rings (SSSR count). The average molecular weight is 354 g/mol. The predicted octanol–water partition coefficient (Wildman–Crippen LogP) is 4.42. The maximum atomic E-state index is 13.2. The van der Waals surface area contributed by atoms with E-state index in [0.29, 0.717) is 16.7 Å². The Morgan fingerprint density at radius 2 is 1.71 bits per heavy atom. The number of carbonyl (C=O) groups is 1. The van der Waals surface area contributed by atoms with Crippen molar-refractivity contribution in [2.75, 3.05) is 5.33 Å². The van der Waals surface area contributed by atoms with Gasteiger partial charge >= 0.3 is 0 Å². The van der Waals surface area contributed by atoms with Crippen molar-refractivity contribution in [1.29, 1.82) is 0 Å². The van der Waals surface area contributed by atoms with Crippen LogP contribution in [0.2, 0.25) is 0 Å². The molecular weight excluding hydrogens is 326 g/mol. The third-order valence-corrected chi connectivity index (χ3v) is 8.13. The van der Waals surface area contributed by atoms with Gasteiger partial charge in [0.2, 0.25) is 5.91 Å². The van der Waals surface area contributed by atoms with Crippen molar-refractivity contribution < 1.29 is 4.79 Å². The van der Waals surface area contributed by atoms with Crippen LogP contribution in [-0.2, 0) is 4.79 Å². The Morgan fingerprint density at radius 1 is 1.10 bits per heavy atom. The minimum Gasteiger partial charge on any atom is -0.349 e. The molecule has 5 fully saturated rings. The SMILES string of the molecule is CC12CC3CC(C)(C1)CC(C(=O)NC1(CBr)CCC1)(C3)C2. The summed E-state index contributed by atoms with van der Waals surface area (Å²) in [6, 6.07) is 0. The first-order valence-electron chi connectivity index (χ1n) is 8.69. The fraction of sp³-hybridized carbons (Fsp3) is 0.944. The van der Waals surface area contributed by atoms with Crippen molar-refractivity contribution in [3.63, 3.8) is 0 Å². The van der Waals surface area contributed by atoms with E-state index >= 15 is 0 Å². The highest BCUT2D eigenvalue weighted by Crippen LogP contribution is 2.69. The number of hydrogen-bond donors (Lipinski definition) is 1. The van der Waals surface area contributed by atoms with Gasteiger partial charge in [0, 0.05) is 10.9 Å². The summed E-state index contributed by atoms with van der Waals surface area (Å²) in [7, 11) is 0. The van der Waals surface area contributed by atoms with Gasteiger partial charge < -0.3 is 5.32 Å². The van der Waals surface area contributed by atoms with Gasteiger partial charge in [-0.1, -0.05) is 29.8 Å².